The van der Waals surface area contributed by atoms with Gasteiger partial charge in [0, 0.05) is 37.2 Å². The first-order chi connectivity index (χ1) is 13.7. The van der Waals surface area contributed by atoms with Gasteiger partial charge in [0.05, 0.1) is 11.3 Å². The highest BCUT2D eigenvalue weighted by atomic mass is 16.5. The highest BCUT2D eigenvalue weighted by Crippen LogP contribution is 2.29. The molecule has 0 radical (unpaired) electrons. The lowest BCUT2D eigenvalue weighted by atomic mass is 9.88. The fourth-order valence-electron chi connectivity index (χ4n) is 3.31. The molecule has 3 rings (SSSR count). The van der Waals surface area contributed by atoms with Crippen LogP contribution in [0.3, 0.4) is 0 Å². The van der Waals surface area contributed by atoms with Gasteiger partial charge in [-0.25, -0.2) is 4.98 Å². The standard InChI is InChI=1S/C23H32N4O2/c1-15(23(2,3)4)26-20-13-21(25-14-19(20)22(24)28)27-18-7-5-16(6-8-18)17-9-11-29-12-10-17/h5-8,13-15,17H,9-12H2,1-4H3,(H2,24,28)(H2,25,26,27)/t15-/m0/s1. The summed E-state index contributed by atoms with van der Waals surface area (Å²) in [6.07, 6.45) is 3.67. The number of nitrogens with zero attached hydrogens (tertiary/aromatic N) is 1. The Kier molecular flexibility index (Phi) is 6.42. The normalized spacial score (nSPS) is 16.3. The summed E-state index contributed by atoms with van der Waals surface area (Å²) in [5.41, 5.74) is 8.95. The third-order valence-electron chi connectivity index (χ3n) is 5.72. The number of carbonyl (C=O) groups is 1. The summed E-state index contributed by atoms with van der Waals surface area (Å²) >= 11 is 0. The number of rotatable bonds is 6. The van der Waals surface area contributed by atoms with Crippen LogP contribution in [-0.4, -0.2) is 30.1 Å². The Morgan fingerprint density at radius 2 is 1.86 bits per heavy atom. The van der Waals surface area contributed by atoms with Crippen molar-refractivity contribution < 1.29 is 9.53 Å². The van der Waals surface area contributed by atoms with E-state index in [2.05, 4.69) is 67.6 Å². The highest BCUT2D eigenvalue weighted by molar-refractivity contribution is 5.98. The van der Waals surface area contributed by atoms with Crippen molar-refractivity contribution in [2.75, 3.05) is 23.8 Å². The second-order valence-electron chi connectivity index (χ2n) is 8.85. The molecule has 6 heteroatoms. The van der Waals surface area contributed by atoms with Gasteiger partial charge in [-0.1, -0.05) is 32.9 Å². The van der Waals surface area contributed by atoms with Gasteiger partial charge < -0.3 is 21.1 Å². The number of hydrogen-bond donors (Lipinski definition) is 3. The van der Waals surface area contributed by atoms with Crippen molar-refractivity contribution in [2.45, 2.75) is 52.5 Å². The van der Waals surface area contributed by atoms with Crippen LogP contribution < -0.4 is 16.4 Å². The Morgan fingerprint density at radius 1 is 1.21 bits per heavy atom. The van der Waals surface area contributed by atoms with Crippen molar-refractivity contribution in [3.05, 3.63) is 47.7 Å². The van der Waals surface area contributed by atoms with Crippen LogP contribution >= 0.6 is 0 Å². The number of primary amides is 1. The molecule has 1 atom stereocenters. The summed E-state index contributed by atoms with van der Waals surface area (Å²) in [5.74, 6) is 0.742. The Hall–Kier alpha value is -2.60. The van der Waals surface area contributed by atoms with Crippen LogP contribution in [0, 0.1) is 5.41 Å². The molecule has 0 unspecified atom stereocenters. The largest absolute Gasteiger partial charge is 0.381 e. The number of nitrogens with two attached hydrogens (primary N) is 1. The Morgan fingerprint density at radius 3 is 2.45 bits per heavy atom. The molecule has 0 spiro atoms. The number of aromatic nitrogens is 1. The van der Waals surface area contributed by atoms with E-state index in [1.165, 1.54) is 11.8 Å². The maximum absolute atomic E-state index is 11.8. The number of ether oxygens (including phenoxy) is 1. The van der Waals surface area contributed by atoms with Crippen LogP contribution in [0.5, 0.6) is 0 Å². The van der Waals surface area contributed by atoms with Gasteiger partial charge >= 0.3 is 0 Å². The molecule has 1 fully saturated rings. The van der Waals surface area contributed by atoms with Crippen LogP contribution in [0.25, 0.3) is 0 Å². The summed E-state index contributed by atoms with van der Waals surface area (Å²) < 4.78 is 5.45. The molecule has 1 saturated heterocycles. The number of pyridine rings is 1. The minimum atomic E-state index is -0.492. The number of amides is 1. The lowest BCUT2D eigenvalue weighted by Gasteiger charge is -2.29. The van der Waals surface area contributed by atoms with Crippen molar-refractivity contribution in [3.63, 3.8) is 0 Å². The van der Waals surface area contributed by atoms with Crippen molar-refractivity contribution >= 4 is 23.1 Å². The molecule has 0 aliphatic carbocycles. The second kappa shape index (κ2) is 8.82. The van der Waals surface area contributed by atoms with Crippen LogP contribution in [0.4, 0.5) is 17.2 Å². The summed E-state index contributed by atoms with van der Waals surface area (Å²) in [7, 11) is 0. The number of anilines is 3. The third-order valence-corrected chi connectivity index (χ3v) is 5.72. The minimum Gasteiger partial charge on any atom is -0.381 e. The topological polar surface area (TPSA) is 89.3 Å². The zero-order valence-electron chi connectivity index (χ0n) is 17.8. The molecule has 6 nitrogen and oxygen atoms in total. The SMILES string of the molecule is C[C@H](Nc1cc(Nc2ccc(C3CCOCC3)cc2)ncc1C(N)=O)C(C)(C)C. The van der Waals surface area contributed by atoms with E-state index in [0.29, 0.717) is 23.0 Å². The molecular weight excluding hydrogens is 364 g/mol. The molecule has 2 aromatic rings. The molecule has 156 valence electrons. The van der Waals surface area contributed by atoms with Crippen LogP contribution in [-0.2, 0) is 4.74 Å². The lowest BCUT2D eigenvalue weighted by molar-refractivity contribution is 0.0853. The van der Waals surface area contributed by atoms with Gasteiger partial charge in [0.2, 0.25) is 0 Å². The number of hydrogen-bond acceptors (Lipinski definition) is 5. The summed E-state index contributed by atoms with van der Waals surface area (Å²) in [6, 6.07) is 10.5. The average Bonchev–Trinajstić information content (AvgIpc) is 2.68. The van der Waals surface area contributed by atoms with E-state index >= 15 is 0 Å². The monoisotopic (exact) mass is 396 g/mol. The molecule has 4 N–H and O–H groups in total. The molecule has 0 bridgehead atoms. The van der Waals surface area contributed by atoms with Gasteiger partial charge in [0.1, 0.15) is 5.82 Å². The van der Waals surface area contributed by atoms with E-state index in [9.17, 15) is 4.79 Å². The highest BCUT2D eigenvalue weighted by Gasteiger charge is 2.22. The summed E-state index contributed by atoms with van der Waals surface area (Å²) in [6.45, 7) is 10.2. The Bertz CT molecular complexity index is 837. The summed E-state index contributed by atoms with van der Waals surface area (Å²) in [4.78, 5) is 16.2. The van der Waals surface area contributed by atoms with Gasteiger partial charge in [0.15, 0.2) is 0 Å². The van der Waals surface area contributed by atoms with Gasteiger partial charge in [-0.05, 0) is 48.8 Å². The first-order valence-corrected chi connectivity index (χ1v) is 10.2. The number of benzene rings is 1. The van der Waals surface area contributed by atoms with E-state index in [-0.39, 0.29) is 11.5 Å². The van der Waals surface area contributed by atoms with Crippen LogP contribution in [0.1, 0.15) is 62.4 Å². The van der Waals surface area contributed by atoms with Gasteiger partial charge in [-0.2, -0.15) is 0 Å². The van der Waals surface area contributed by atoms with E-state index in [4.69, 9.17) is 10.5 Å². The predicted octanol–water partition coefficient (Wildman–Crippen LogP) is 4.66. The van der Waals surface area contributed by atoms with Crippen LogP contribution in [0.2, 0.25) is 0 Å². The second-order valence-corrected chi connectivity index (χ2v) is 8.85. The van der Waals surface area contributed by atoms with Crippen molar-refractivity contribution in [1.29, 1.82) is 0 Å². The molecule has 1 aromatic heterocycles. The zero-order valence-corrected chi connectivity index (χ0v) is 17.8. The van der Waals surface area contributed by atoms with E-state index in [0.717, 1.165) is 31.7 Å². The molecule has 1 aromatic carbocycles. The van der Waals surface area contributed by atoms with Gasteiger partial charge in [0.25, 0.3) is 5.91 Å². The summed E-state index contributed by atoms with van der Waals surface area (Å²) in [5, 5.41) is 6.74. The molecule has 2 heterocycles. The predicted molar refractivity (Wildman–Crippen MR) is 118 cm³/mol. The zero-order chi connectivity index (χ0) is 21.0. The third kappa shape index (κ3) is 5.48. The maximum atomic E-state index is 11.8. The Balaban J connectivity index is 1.76. The maximum Gasteiger partial charge on any atom is 0.252 e. The molecule has 29 heavy (non-hydrogen) atoms. The first-order valence-electron chi connectivity index (χ1n) is 10.2. The fraction of sp³-hybridized carbons (Fsp3) is 0.478. The van der Waals surface area contributed by atoms with Gasteiger partial charge in [-0.15, -0.1) is 0 Å². The average molecular weight is 397 g/mol. The minimum absolute atomic E-state index is 0.0335. The fourth-order valence-corrected chi connectivity index (χ4v) is 3.31. The van der Waals surface area contributed by atoms with Crippen LogP contribution in [0.15, 0.2) is 36.5 Å². The molecule has 0 saturated carbocycles. The smallest absolute Gasteiger partial charge is 0.252 e. The lowest BCUT2D eigenvalue weighted by Crippen LogP contribution is -2.32. The van der Waals surface area contributed by atoms with Crippen molar-refractivity contribution in [3.8, 4) is 0 Å². The van der Waals surface area contributed by atoms with E-state index < -0.39 is 5.91 Å². The first kappa shape index (κ1) is 21.1. The quantitative estimate of drug-likeness (QED) is 0.660. The molecule has 1 amide bonds. The Labute approximate surface area is 173 Å². The van der Waals surface area contributed by atoms with Crippen molar-refractivity contribution in [1.82, 2.24) is 4.98 Å². The number of carbonyl (C=O) groups excluding carboxylic acids is 1. The van der Waals surface area contributed by atoms with Crippen molar-refractivity contribution in [2.24, 2.45) is 11.1 Å². The number of nitrogens with one attached hydrogen (secondary N) is 2. The van der Waals surface area contributed by atoms with E-state index in [1.807, 2.05) is 6.07 Å². The van der Waals surface area contributed by atoms with E-state index in [1.54, 1.807) is 0 Å². The molecule has 1 aliphatic rings. The molecular formula is C23H32N4O2. The molecule has 1 aliphatic heterocycles. The van der Waals surface area contributed by atoms with Gasteiger partial charge in [-0.3, -0.25) is 4.79 Å².